The van der Waals surface area contributed by atoms with E-state index in [0.717, 1.165) is 19.3 Å². The van der Waals surface area contributed by atoms with E-state index in [9.17, 15) is 50.4 Å². The topological polar surface area (TPSA) is 253 Å². The molecule has 15 nitrogen and oxygen atoms in total. The minimum Gasteiger partial charge on any atom is -0.463 e. The molecule has 0 aromatic rings. The molecule has 0 saturated carbocycles. The van der Waals surface area contributed by atoms with Gasteiger partial charge in [-0.1, -0.05) is 73.1 Å². The van der Waals surface area contributed by atoms with E-state index in [-0.39, 0.29) is 24.0 Å². The van der Waals surface area contributed by atoms with Crippen LogP contribution >= 0.6 is 0 Å². The van der Waals surface area contributed by atoms with Crippen molar-refractivity contribution in [3.05, 3.63) is 34.9 Å². The summed E-state index contributed by atoms with van der Waals surface area (Å²) in [6.45, 7) is 18.4. The van der Waals surface area contributed by atoms with E-state index in [2.05, 4.69) is 20.8 Å². The first-order valence-corrected chi connectivity index (χ1v) is 20.2. The standard InChI is InChI=1S/C42H74O15/c1-12-21(2)13-22(3)14-27(8)40(57-42-39(52)38(51)37(50)33(56-42)20-54-30(11)44)28(9)16-25(6)34(47)23(4)15-24(5)35(48)26(7)17-29(10)41(53)55-19-32(46)36(49)31(45)18-43/h15-17,21-23,26-28,31-40,42-43,45-52H,12-14,18-20H2,1-11H3/b24-15+,25-16+,29-17+/t21-,22-,23-,26-,27-,28-,31+,32+,33+,34-,35+,36+,37+,38-,39-,40+,42-/m0/s1. The minimum absolute atomic E-state index is 0.0761. The minimum atomic E-state index is -1.71. The predicted octanol–water partition coefficient (Wildman–Crippen LogP) is 1.93. The average molecular weight is 819 g/mol. The molecule has 0 amide bonds. The van der Waals surface area contributed by atoms with Crippen molar-refractivity contribution >= 4 is 11.9 Å². The zero-order chi connectivity index (χ0) is 43.9. The van der Waals surface area contributed by atoms with E-state index < -0.39 is 104 Å². The number of aliphatic hydroxyl groups is 9. The fraction of sp³-hybridized carbons (Fsp3) is 0.810. The maximum absolute atomic E-state index is 12.5. The lowest BCUT2D eigenvalue weighted by Gasteiger charge is -2.43. The second kappa shape index (κ2) is 25.4. The van der Waals surface area contributed by atoms with Gasteiger partial charge >= 0.3 is 11.9 Å². The highest BCUT2D eigenvalue weighted by atomic mass is 16.7. The van der Waals surface area contributed by atoms with Crippen LogP contribution in [0.15, 0.2) is 34.9 Å². The summed E-state index contributed by atoms with van der Waals surface area (Å²) < 4.78 is 22.4. The number of rotatable bonds is 24. The van der Waals surface area contributed by atoms with Gasteiger partial charge in [0.25, 0.3) is 0 Å². The van der Waals surface area contributed by atoms with Gasteiger partial charge in [0.15, 0.2) is 6.29 Å². The summed E-state index contributed by atoms with van der Waals surface area (Å²) in [7, 11) is 0. The Morgan fingerprint density at radius 2 is 1.25 bits per heavy atom. The zero-order valence-corrected chi connectivity index (χ0v) is 35.8. The van der Waals surface area contributed by atoms with E-state index in [0.29, 0.717) is 23.0 Å². The first kappa shape index (κ1) is 52.7. The van der Waals surface area contributed by atoms with Crippen molar-refractivity contribution in [2.45, 2.75) is 163 Å². The molecule has 0 bridgehead atoms. The van der Waals surface area contributed by atoms with Crippen LogP contribution in [0.3, 0.4) is 0 Å². The fourth-order valence-electron chi connectivity index (χ4n) is 7.35. The summed E-state index contributed by atoms with van der Waals surface area (Å²) >= 11 is 0. The lowest BCUT2D eigenvalue weighted by atomic mass is 9.82. The van der Waals surface area contributed by atoms with Gasteiger partial charge in [-0.2, -0.15) is 0 Å². The summed E-state index contributed by atoms with van der Waals surface area (Å²) in [6.07, 6.45) is -6.74. The lowest BCUT2D eigenvalue weighted by molar-refractivity contribution is -0.317. The normalized spacial score (nSPS) is 27.5. The molecule has 57 heavy (non-hydrogen) atoms. The molecule has 17 atom stereocenters. The number of ether oxygens (including phenoxy) is 4. The Bertz CT molecular complexity index is 1300. The van der Waals surface area contributed by atoms with Gasteiger partial charge in [0.05, 0.1) is 24.9 Å². The third kappa shape index (κ3) is 17.1. The molecule has 332 valence electrons. The summed E-state index contributed by atoms with van der Waals surface area (Å²) in [5.74, 6) is -1.96. The van der Waals surface area contributed by atoms with Gasteiger partial charge < -0.3 is 64.9 Å². The Morgan fingerprint density at radius 3 is 1.77 bits per heavy atom. The summed E-state index contributed by atoms with van der Waals surface area (Å²) in [6, 6.07) is 0. The molecular formula is C42H74O15. The van der Waals surface area contributed by atoms with Gasteiger partial charge in [-0.3, -0.25) is 4.79 Å². The molecule has 15 heteroatoms. The van der Waals surface area contributed by atoms with E-state index in [1.54, 1.807) is 33.8 Å². The Hall–Kier alpha value is -2.28. The monoisotopic (exact) mass is 819 g/mol. The fourth-order valence-corrected chi connectivity index (χ4v) is 7.35. The van der Waals surface area contributed by atoms with Crippen LogP contribution in [0.2, 0.25) is 0 Å². The van der Waals surface area contributed by atoms with E-state index in [1.807, 2.05) is 19.9 Å². The van der Waals surface area contributed by atoms with Crippen LogP contribution in [0.4, 0.5) is 0 Å². The molecule has 1 saturated heterocycles. The van der Waals surface area contributed by atoms with Gasteiger partial charge in [0, 0.05) is 30.3 Å². The molecule has 9 N–H and O–H groups in total. The first-order valence-electron chi connectivity index (χ1n) is 20.2. The van der Waals surface area contributed by atoms with Gasteiger partial charge in [-0.25, -0.2) is 4.79 Å². The van der Waals surface area contributed by atoms with E-state index >= 15 is 0 Å². The first-order chi connectivity index (χ1) is 26.5. The van der Waals surface area contributed by atoms with Crippen LogP contribution < -0.4 is 0 Å². The van der Waals surface area contributed by atoms with Gasteiger partial charge in [0.2, 0.25) is 0 Å². The zero-order valence-electron chi connectivity index (χ0n) is 35.8. The maximum Gasteiger partial charge on any atom is 0.333 e. The highest BCUT2D eigenvalue weighted by Crippen LogP contribution is 2.33. The SMILES string of the molecule is CC[C@H](C)C[C@H](C)C[C@H](C)[C@@H](O[C@@H]1O[C@H](COC(C)=O)[C@@H](O)[C@H](O)[C@@H]1O)[C@@H](C)/C=C(\C)[C@@H](O)[C@@H](C)/C=C(\C)[C@@H](O)[C@@H](C)/C=C(\C)C(=O)OC[C@@H](O)[C@H](O)[C@H](O)CO. The highest BCUT2D eigenvalue weighted by molar-refractivity contribution is 5.87. The number of carbonyl (C=O) groups is 2. The second-order valence-corrected chi connectivity index (χ2v) is 16.5. The molecule has 0 unspecified atom stereocenters. The molecule has 1 aliphatic rings. The van der Waals surface area contributed by atoms with Crippen LogP contribution in [0.1, 0.15) is 95.4 Å². The Balaban J connectivity index is 3.20. The number of hydrogen-bond acceptors (Lipinski definition) is 15. The van der Waals surface area contributed by atoms with Crippen molar-refractivity contribution in [2.75, 3.05) is 19.8 Å². The molecule has 0 aromatic carbocycles. The Labute approximate surface area is 339 Å². The molecule has 1 heterocycles. The number of esters is 2. The molecular weight excluding hydrogens is 744 g/mol. The number of aliphatic hydroxyl groups excluding tert-OH is 9. The molecule has 0 spiro atoms. The molecule has 0 radical (unpaired) electrons. The number of hydrogen-bond donors (Lipinski definition) is 9. The van der Waals surface area contributed by atoms with Crippen molar-refractivity contribution in [2.24, 2.45) is 35.5 Å². The quantitative estimate of drug-likeness (QED) is 0.0383. The van der Waals surface area contributed by atoms with Crippen LogP contribution in [-0.2, 0) is 28.5 Å². The Morgan fingerprint density at radius 1 is 0.702 bits per heavy atom. The van der Waals surface area contributed by atoms with Crippen LogP contribution in [0.25, 0.3) is 0 Å². The predicted molar refractivity (Wildman–Crippen MR) is 212 cm³/mol. The van der Waals surface area contributed by atoms with Crippen LogP contribution in [0.5, 0.6) is 0 Å². The maximum atomic E-state index is 12.5. The smallest absolute Gasteiger partial charge is 0.333 e. The van der Waals surface area contributed by atoms with Crippen molar-refractivity contribution in [1.29, 1.82) is 0 Å². The van der Waals surface area contributed by atoms with Crippen molar-refractivity contribution in [3.8, 4) is 0 Å². The van der Waals surface area contributed by atoms with Crippen LogP contribution in [-0.4, -0.2) is 145 Å². The van der Waals surface area contributed by atoms with E-state index in [1.165, 1.54) is 19.9 Å². The second-order valence-electron chi connectivity index (χ2n) is 16.5. The van der Waals surface area contributed by atoms with Crippen LogP contribution in [0, 0.1) is 35.5 Å². The molecule has 1 aliphatic heterocycles. The molecule has 1 fully saturated rings. The lowest BCUT2D eigenvalue weighted by Crippen LogP contribution is -2.60. The molecule has 0 aromatic heterocycles. The van der Waals surface area contributed by atoms with E-state index in [4.69, 9.17) is 24.1 Å². The van der Waals surface area contributed by atoms with Crippen molar-refractivity contribution in [1.82, 2.24) is 0 Å². The summed E-state index contributed by atoms with van der Waals surface area (Å²) in [5, 5.41) is 92.7. The molecule has 0 aliphatic carbocycles. The molecule has 1 rings (SSSR count). The highest BCUT2D eigenvalue weighted by Gasteiger charge is 2.46. The van der Waals surface area contributed by atoms with Gasteiger partial charge in [-0.15, -0.1) is 0 Å². The third-order valence-electron chi connectivity index (χ3n) is 10.9. The van der Waals surface area contributed by atoms with Gasteiger partial charge in [0.1, 0.15) is 55.9 Å². The number of carbonyl (C=O) groups excluding carboxylic acids is 2. The van der Waals surface area contributed by atoms with Crippen molar-refractivity contribution < 1.29 is 74.5 Å². The Kier molecular flexibility index (Phi) is 23.5. The average Bonchev–Trinajstić information content (AvgIpc) is 3.15. The summed E-state index contributed by atoms with van der Waals surface area (Å²) in [5.41, 5.74) is 1.30. The van der Waals surface area contributed by atoms with Crippen molar-refractivity contribution in [3.63, 3.8) is 0 Å². The third-order valence-corrected chi connectivity index (χ3v) is 10.9. The largest absolute Gasteiger partial charge is 0.463 e. The van der Waals surface area contributed by atoms with Gasteiger partial charge in [-0.05, 0) is 62.5 Å². The summed E-state index contributed by atoms with van der Waals surface area (Å²) in [4.78, 5) is 23.9.